The van der Waals surface area contributed by atoms with Crippen LogP contribution in [0.5, 0.6) is 5.75 Å². The number of hydrogen-bond acceptors (Lipinski definition) is 6. The van der Waals surface area contributed by atoms with Crippen LogP contribution in [0.1, 0.15) is 62.5 Å². The fourth-order valence-electron chi connectivity index (χ4n) is 6.12. The minimum Gasteiger partial charge on any atom is -0.493 e. The number of carboxylic acid groups (broad SMARTS) is 1. The van der Waals surface area contributed by atoms with Crippen molar-refractivity contribution >= 4 is 17.8 Å². The topological polar surface area (TPSA) is 116 Å². The zero-order chi connectivity index (χ0) is 26.4. The number of likely N-dealkylation sites (tertiary alicyclic amines) is 2. The highest BCUT2D eigenvalue weighted by atomic mass is 16.5. The van der Waals surface area contributed by atoms with E-state index >= 15 is 0 Å². The molecule has 3 aliphatic rings. The number of unbranched alkanes of at least 4 members (excludes halogenated alkanes) is 1. The molecule has 9 nitrogen and oxygen atoms in total. The molecule has 4 rings (SSSR count). The molecule has 3 aliphatic heterocycles. The molecule has 204 valence electrons. The molecule has 0 spiro atoms. The van der Waals surface area contributed by atoms with Crippen LogP contribution in [0.2, 0.25) is 0 Å². The lowest BCUT2D eigenvalue weighted by Gasteiger charge is -2.30. The summed E-state index contributed by atoms with van der Waals surface area (Å²) in [5, 5.41) is 10.4. The number of ether oxygens (including phenoxy) is 1. The predicted molar refractivity (Wildman–Crippen MR) is 140 cm³/mol. The van der Waals surface area contributed by atoms with Crippen LogP contribution < -0.4 is 10.5 Å². The maximum Gasteiger partial charge on any atom is 0.308 e. The van der Waals surface area contributed by atoms with E-state index in [2.05, 4.69) is 17.9 Å². The van der Waals surface area contributed by atoms with Gasteiger partial charge in [0.2, 0.25) is 11.8 Å². The number of carbonyl (C=O) groups excluding carboxylic acids is 2. The van der Waals surface area contributed by atoms with Gasteiger partial charge in [-0.15, -0.1) is 0 Å². The molecule has 2 saturated heterocycles. The average molecular weight is 515 g/mol. The second-order valence-electron chi connectivity index (χ2n) is 10.6. The molecule has 3 heterocycles. The van der Waals surface area contributed by atoms with E-state index in [1.807, 2.05) is 21.9 Å². The van der Waals surface area contributed by atoms with E-state index in [1.54, 1.807) is 0 Å². The average Bonchev–Trinajstić information content (AvgIpc) is 3.60. The molecular formula is C28H42N4O5. The van der Waals surface area contributed by atoms with Gasteiger partial charge in [0, 0.05) is 57.5 Å². The van der Waals surface area contributed by atoms with Gasteiger partial charge in [-0.3, -0.25) is 19.3 Å². The summed E-state index contributed by atoms with van der Waals surface area (Å²) in [5.41, 5.74) is 7.82. The summed E-state index contributed by atoms with van der Waals surface area (Å²) in [4.78, 5) is 44.2. The first-order valence-electron chi connectivity index (χ1n) is 13.9. The first-order valence-corrected chi connectivity index (χ1v) is 13.9. The standard InChI is InChI=1S/C28H42N4O5/c1-2-3-12-30(14-5-11-29)26(34)19-32-18-22(20-7-8-24-21(17-20)10-16-37-24)27(28(35)36)23(32)9-15-31-13-4-6-25(31)33/h7-8,17,22-23,27H,2-6,9-16,18-19,29H2,1H3,(H,35,36). The zero-order valence-corrected chi connectivity index (χ0v) is 22.1. The van der Waals surface area contributed by atoms with Crippen molar-refractivity contribution < 1.29 is 24.2 Å². The van der Waals surface area contributed by atoms with Gasteiger partial charge in [0.05, 0.1) is 19.1 Å². The van der Waals surface area contributed by atoms with Crippen LogP contribution in [0.25, 0.3) is 0 Å². The number of nitrogens with zero attached hydrogens (tertiary/aromatic N) is 3. The van der Waals surface area contributed by atoms with Crippen LogP contribution in [0.15, 0.2) is 18.2 Å². The number of aliphatic carboxylic acids is 1. The first-order chi connectivity index (χ1) is 17.9. The maximum absolute atomic E-state index is 13.5. The Morgan fingerprint density at radius 1 is 1.22 bits per heavy atom. The van der Waals surface area contributed by atoms with Gasteiger partial charge in [0.15, 0.2) is 0 Å². The molecule has 9 heteroatoms. The molecule has 0 aliphatic carbocycles. The minimum atomic E-state index is -0.847. The van der Waals surface area contributed by atoms with E-state index in [1.165, 1.54) is 0 Å². The third kappa shape index (κ3) is 6.44. The molecule has 37 heavy (non-hydrogen) atoms. The van der Waals surface area contributed by atoms with Crippen molar-refractivity contribution in [3.8, 4) is 5.75 Å². The van der Waals surface area contributed by atoms with E-state index in [4.69, 9.17) is 10.5 Å². The summed E-state index contributed by atoms with van der Waals surface area (Å²) in [6.07, 6.45) is 5.43. The molecule has 2 fully saturated rings. The van der Waals surface area contributed by atoms with Crippen LogP contribution in [0.4, 0.5) is 0 Å². The number of amides is 2. The fraction of sp³-hybridized carbons (Fsp3) is 0.679. The number of carbonyl (C=O) groups is 3. The van der Waals surface area contributed by atoms with Crippen molar-refractivity contribution in [1.82, 2.24) is 14.7 Å². The van der Waals surface area contributed by atoms with Crippen molar-refractivity contribution in [2.75, 3.05) is 52.4 Å². The van der Waals surface area contributed by atoms with Crippen molar-refractivity contribution in [2.45, 2.75) is 63.8 Å². The largest absolute Gasteiger partial charge is 0.493 e. The number of rotatable bonds is 13. The second kappa shape index (κ2) is 12.7. The Kier molecular flexibility index (Phi) is 9.43. The highest BCUT2D eigenvalue weighted by Gasteiger charge is 2.47. The van der Waals surface area contributed by atoms with Gasteiger partial charge in [0.1, 0.15) is 5.75 Å². The van der Waals surface area contributed by atoms with Gasteiger partial charge in [-0.1, -0.05) is 25.5 Å². The molecular weight excluding hydrogens is 472 g/mol. The lowest BCUT2D eigenvalue weighted by molar-refractivity contribution is -0.144. The van der Waals surface area contributed by atoms with E-state index in [-0.39, 0.29) is 30.3 Å². The van der Waals surface area contributed by atoms with Crippen molar-refractivity contribution in [2.24, 2.45) is 11.7 Å². The summed E-state index contributed by atoms with van der Waals surface area (Å²) in [6.45, 7) is 6.51. The van der Waals surface area contributed by atoms with Gasteiger partial charge in [-0.25, -0.2) is 0 Å². The van der Waals surface area contributed by atoms with Gasteiger partial charge in [0.25, 0.3) is 0 Å². The Morgan fingerprint density at radius 3 is 2.73 bits per heavy atom. The molecule has 0 radical (unpaired) electrons. The van der Waals surface area contributed by atoms with Crippen molar-refractivity contribution in [1.29, 1.82) is 0 Å². The van der Waals surface area contributed by atoms with Crippen LogP contribution in [0, 0.1) is 5.92 Å². The number of carboxylic acids is 1. The highest BCUT2D eigenvalue weighted by molar-refractivity contribution is 5.79. The summed E-state index contributed by atoms with van der Waals surface area (Å²) in [7, 11) is 0. The number of hydrogen-bond donors (Lipinski definition) is 2. The lowest BCUT2D eigenvalue weighted by atomic mass is 9.83. The quantitative estimate of drug-likeness (QED) is 0.414. The second-order valence-corrected chi connectivity index (χ2v) is 10.6. The monoisotopic (exact) mass is 514 g/mol. The Bertz CT molecular complexity index is 962. The van der Waals surface area contributed by atoms with Crippen LogP contribution in [-0.4, -0.2) is 96.1 Å². The fourth-order valence-corrected chi connectivity index (χ4v) is 6.12. The molecule has 3 N–H and O–H groups in total. The van der Waals surface area contributed by atoms with Gasteiger partial charge >= 0.3 is 5.97 Å². The zero-order valence-electron chi connectivity index (χ0n) is 22.1. The van der Waals surface area contributed by atoms with Gasteiger partial charge in [-0.05, 0) is 49.4 Å². The predicted octanol–water partition coefficient (Wildman–Crippen LogP) is 2.08. The van der Waals surface area contributed by atoms with E-state index < -0.39 is 11.9 Å². The Balaban J connectivity index is 1.57. The molecule has 3 unspecified atom stereocenters. The third-order valence-corrected chi connectivity index (χ3v) is 8.15. The first kappa shape index (κ1) is 27.4. The lowest BCUT2D eigenvalue weighted by Crippen LogP contribution is -2.46. The van der Waals surface area contributed by atoms with E-state index in [0.717, 1.165) is 55.5 Å². The Hall–Kier alpha value is -2.65. The Labute approximate surface area is 219 Å². The van der Waals surface area contributed by atoms with Crippen molar-refractivity contribution in [3.05, 3.63) is 29.3 Å². The summed E-state index contributed by atoms with van der Waals surface area (Å²) in [5.74, 6) is -0.703. The SMILES string of the molecule is CCCCN(CCCN)C(=O)CN1CC(c2ccc3c(c2)CCO3)C(C(=O)O)C1CCN1CCCC1=O. The number of benzene rings is 1. The van der Waals surface area contributed by atoms with Crippen LogP contribution in [-0.2, 0) is 20.8 Å². The molecule has 2 amide bonds. The molecule has 1 aromatic carbocycles. The summed E-state index contributed by atoms with van der Waals surface area (Å²) in [6, 6.07) is 5.68. The molecule has 0 saturated carbocycles. The third-order valence-electron chi connectivity index (χ3n) is 8.15. The number of nitrogens with two attached hydrogens (primary N) is 1. The molecule has 1 aromatic rings. The van der Waals surface area contributed by atoms with Gasteiger partial charge in [-0.2, -0.15) is 0 Å². The molecule has 0 aromatic heterocycles. The summed E-state index contributed by atoms with van der Waals surface area (Å²) >= 11 is 0. The maximum atomic E-state index is 13.5. The Morgan fingerprint density at radius 2 is 2.03 bits per heavy atom. The highest BCUT2D eigenvalue weighted by Crippen LogP contribution is 2.41. The van der Waals surface area contributed by atoms with Gasteiger partial charge < -0.3 is 25.4 Å². The van der Waals surface area contributed by atoms with Crippen molar-refractivity contribution in [3.63, 3.8) is 0 Å². The summed E-state index contributed by atoms with van der Waals surface area (Å²) < 4.78 is 5.66. The van der Waals surface area contributed by atoms with E-state index in [0.29, 0.717) is 52.2 Å². The number of fused-ring (bicyclic) bond motifs is 1. The van der Waals surface area contributed by atoms with E-state index in [9.17, 15) is 19.5 Å². The molecule has 0 bridgehead atoms. The molecule has 3 atom stereocenters. The normalized spacial score (nSPS) is 23.4. The van der Waals surface area contributed by atoms with Crippen LogP contribution in [0.3, 0.4) is 0 Å². The smallest absolute Gasteiger partial charge is 0.308 e. The minimum absolute atomic E-state index is 0.0243. The van der Waals surface area contributed by atoms with Crippen LogP contribution >= 0.6 is 0 Å².